The van der Waals surface area contributed by atoms with Crippen molar-refractivity contribution in [3.8, 4) is 0 Å². The fourth-order valence-corrected chi connectivity index (χ4v) is 1.25. The van der Waals surface area contributed by atoms with Crippen molar-refractivity contribution in [1.29, 1.82) is 0 Å². The fourth-order valence-electron chi connectivity index (χ4n) is 1.25. The van der Waals surface area contributed by atoms with Gasteiger partial charge in [-0.25, -0.2) is 9.59 Å². The normalized spacial score (nSPS) is 15.6. The first kappa shape index (κ1) is 11.4. The van der Waals surface area contributed by atoms with Crippen molar-refractivity contribution in [2.45, 2.75) is 26.7 Å². The summed E-state index contributed by atoms with van der Waals surface area (Å²) in [4.78, 5) is 33.6. The van der Waals surface area contributed by atoms with Crippen molar-refractivity contribution in [2.75, 3.05) is 6.61 Å². The zero-order valence-electron chi connectivity index (χ0n) is 8.66. The molecule has 0 bridgehead atoms. The standard InChI is InChI=1S/C10H12O5/c1-3-5-6-7(9(12)14-4-2)8(11)10(13)15-6/h3-5H2,1-2H3. The number of esters is 2. The highest BCUT2D eigenvalue weighted by Gasteiger charge is 2.38. The zero-order chi connectivity index (χ0) is 11.4. The van der Waals surface area contributed by atoms with E-state index < -0.39 is 17.7 Å². The second-order valence-electron chi connectivity index (χ2n) is 2.99. The van der Waals surface area contributed by atoms with Gasteiger partial charge in [-0.1, -0.05) is 6.92 Å². The number of hydrogen-bond donors (Lipinski definition) is 0. The first-order valence-electron chi connectivity index (χ1n) is 4.78. The van der Waals surface area contributed by atoms with Gasteiger partial charge in [-0.2, -0.15) is 0 Å². The van der Waals surface area contributed by atoms with Gasteiger partial charge in [0.2, 0.25) is 0 Å². The number of carbonyl (C=O) groups excluding carboxylic acids is 3. The largest absolute Gasteiger partial charge is 0.462 e. The van der Waals surface area contributed by atoms with Crippen LogP contribution in [0.3, 0.4) is 0 Å². The van der Waals surface area contributed by atoms with Crippen molar-refractivity contribution < 1.29 is 23.9 Å². The molecule has 15 heavy (non-hydrogen) atoms. The van der Waals surface area contributed by atoms with Crippen LogP contribution >= 0.6 is 0 Å². The summed E-state index contributed by atoms with van der Waals surface area (Å²) < 4.78 is 9.36. The van der Waals surface area contributed by atoms with E-state index in [-0.39, 0.29) is 17.9 Å². The molecule has 0 saturated heterocycles. The van der Waals surface area contributed by atoms with Crippen LogP contribution in [0.25, 0.3) is 0 Å². The number of carbonyl (C=O) groups is 3. The predicted molar refractivity (Wildman–Crippen MR) is 49.7 cm³/mol. The number of hydrogen-bond acceptors (Lipinski definition) is 5. The summed E-state index contributed by atoms with van der Waals surface area (Å²) in [5.74, 6) is -2.55. The molecule has 0 unspecified atom stereocenters. The molecule has 0 aromatic rings. The molecule has 0 radical (unpaired) electrons. The van der Waals surface area contributed by atoms with Crippen molar-refractivity contribution in [1.82, 2.24) is 0 Å². The average molecular weight is 212 g/mol. The maximum Gasteiger partial charge on any atom is 0.385 e. The monoisotopic (exact) mass is 212 g/mol. The van der Waals surface area contributed by atoms with E-state index in [1.165, 1.54) is 0 Å². The van der Waals surface area contributed by atoms with Gasteiger partial charge >= 0.3 is 11.9 Å². The van der Waals surface area contributed by atoms with E-state index in [2.05, 4.69) is 9.47 Å². The Balaban J connectivity index is 2.95. The van der Waals surface area contributed by atoms with Gasteiger partial charge in [0.25, 0.3) is 5.78 Å². The van der Waals surface area contributed by atoms with Crippen molar-refractivity contribution in [3.63, 3.8) is 0 Å². The summed E-state index contributed by atoms with van der Waals surface area (Å²) in [6.07, 6.45) is 1.06. The number of Topliss-reactive ketones (excluding diaryl/α,β-unsaturated/α-hetero) is 1. The van der Waals surface area contributed by atoms with Crippen molar-refractivity contribution >= 4 is 17.7 Å². The molecule has 0 aromatic carbocycles. The summed E-state index contributed by atoms with van der Waals surface area (Å²) in [7, 11) is 0. The number of ketones is 1. The number of cyclic esters (lactones) is 1. The molecule has 5 heteroatoms. The lowest BCUT2D eigenvalue weighted by Gasteiger charge is -2.01. The molecule has 0 amide bonds. The highest BCUT2D eigenvalue weighted by Crippen LogP contribution is 2.22. The molecule has 1 aliphatic heterocycles. The van der Waals surface area contributed by atoms with Gasteiger partial charge in [-0.05, 0) is 13.3 Å². The molecule has 0 spiro atoms. The molecule has 1 rings (SSSR count). The van der Waals surface area contributed by atoms with Crippen LogP contribution in [0.1, 0.15) is 26.7 Å². The SMILES string of the molecule is CCCC1=C(C(=O)OCC)C(=O)C(=O)O1. The maximum atomic E-state index is 11.4. The minimum absolute atomic E-state index is 0.131. The number of allylic oxidation sites excluding steroid dienone is 1. The van der Waals surface area contributed by atoms with Crippen molar-refractivity contribution in [3.05, 3.63) is 11.3 Å². The van der Waals surface area contributed by atoms with Crippen LogP contribution in [-0.2, 0) is 23.9 Å². The molecule has 0 atom stereocenters. The summed E-state index contributed by atoms with van der Waals surface area (Å²) in [5.41, 5.74) is -0.247. The smallest absolute Gasteiger partial charge is 0.385 e. The number of ether oxygens (including phenoxy) is 2. The van der Waals surface area contributed by atoms with Crippen LogP contribution in [0.5, 0.6) is 0 Å². The van der Waals surface area contributed by atoms with E-state index in [0.717, 1.165) is 0 Å². The molecular weight excluding hydrogens is 200 g/mol. The first-order chi connectivity index (χ1) is 7.11. The third-order valence-electron chi connectivity index (χ3n) is 1.86. The Morgan fingerprint density at radius 3 is 2.53 bits per heavy atom. The highest BCUT2D eigenvalue weighted by molar-refractivity contribution is 6.48. The van der Waals surface area contributed by atoms with E-state index in [1.54, 1.807) is 6.92 Å². The minimum atomic E-state index is -0.999. The Bertz CT molecular complexity index is 340. The third-order valence-corrected chi connectivity index (χ3v) is 1.86. The molecule has 5 nitrogen and oxygen atoms in total. The Morgan fingerprint density at radius 1 is 1.33 bits per heavy atom. The fraction of sp³-hybridized carbons (Fsp3) is 0.500. The predicted octanol–water partition coefficient (Wildman–Crippen LogP) is 0.730. The Kier molecular flexibility index (Phi) is 3.60. The Labute approximate surface area is 87.0 Å². The van der Waals surface area contributed by atoms with Crippen LogP contribution in [0, 0.1) is 0 Å². The summed E-state index contributed by atoms with van der Waals surface area (Å²) in [5, 5.41) is 0. The van der Waals surface area contributed by atoms with E-state index in [9.17, 15) is 14.4 Å². The van der Waals surface area contributed by atoms with Crippen LogP contribution in [-0.4, -0.2) is 24.3 Å². The molecule has 82 valence electrons. The van der Waals surface area contributed by atoms with Gasteiger partial charge in [0.1, 0.15) is 5.76 Å². The first-order valence-corrected chi connectivity index (χ1v) is 4.78. The average Bonchev–Trinajstić information content (AvgIpc) is 2.44. The lowest BCUT2D eigenvalue weighted by Crippen LogP contribution is -2.17. The van der Waals surface area contributed by atoms with Crippen LogP contribution in [0.15, 0.2) is 11.3 Å². The van der Waals surface area contributed by atoms with Crippen LogP contribution in [0.2, 0.25) is 0 Å². The maximum absolute atomic E-state index is 11.4. The molecule has 0 saturated carbocycles. The minimum Gasteiger partial charge on any atom is -0.462 e. The molecule has 0 aromatic heterocycles. The van der Waals surface area contributed by atoms with Gasteiger partial charge in [0, 0.05) is 6.42 Å². The van der Waals surface area contributed by atoms with Crippen LogP contribution < -0.4 is 0 Å². The summed E-state index contributed by atoms with van der Waals surface area (Å²) in [6, 6.07) is 0. The van der Waals surface area contributed by atoms with E-state index >= 15 is 0 Å². The van der Waals surface area contributed by atoms with E-state index in [0.29, 0.717) is 12.8 Å². The van der Waals surface area contributed by atoms with E-state index in [4.69, 9.17) is 0 Å². The molecule has 0 aliphatic carbocycles. The van der Waals surface area contributed by atoms with Gasteiger partial charge in [-0.3, -0.25) is 4.79 Å². The van der Waals surface area contributed by atoms with Crippen LogP contribution in [0.4, 0.5) is 0 Å². The number of rotatable bonds is 4. The zero-order valence-corrected chi connectivity index (χ0v) is 8.66. The Hall–Kier alpha value is -1.65. The Morgan fingerprint density at radius 2 is 2.00 bits per heavy atom. The molecule has 0 fully saturated rings. The third kappa shape index (κ3) is 2.23. The molecule has 1 heterocycles. The highest BCUT2D eigenvalue weighted by atomic mass is 16.6. The molecule has 0 N–H and O–H groups in total. The molecular formula is C10H12O5. The second-order valence-corrected chi connectivity index (χ2v) is 2.99. The summed E-state index contributed by atoms with van der Waals surface area (Å²) >= 11 is 0. The quantitative estimate of drug-likeness (QED) is 0.390. The topological polar surface area (TPSA) is 69.7 Å². The van der Waals surface area contributed by atoms with Gasteiger partial charge in [0.05, 0.1) is 6.61 Å². The molecule has 1 aliphatic rings. The van der Waals surface area contributed by atoms with Gasteiger partial charge in [-0.15, -0.1) is 0 Å². The summed E-state index contributed by atoms with van der Waals surface area (Å²) in [6.45, 7) is 3.63. The van der Waals surface area contributed by atoms with Gasteiger partial charge in [0.15, 0.2) is 5.57 Å². The van der Waals surface area contributed by atoms with Crippen molar-refractivity contribution in [2.24, 2.45) is 0 Å². The van der Waals surface area contributed by atoms with Gasteiger partial charge < -0.3 is 9.47 Å². The second kappa shape index (κ2) is 4.72. The van der Waals surface area contributed by atoms with E-state index in [1.807, 2.05) is 6.92 Å². The lowest BCUT2D eigenvalue weighted by molar-refractivity contribution is -0.148. The lowest BCUT2D eigenvalue weighted by atomic mass is 10.1.